The lowest BCUT2D eigenvalue weighted by Crippen LogP contribution is -2.13. The van der Waals surface area contributed by atoms with Crippen LogP contribution in [-0.2, 0) is 4.74 Å². The summed E-state index contributed by atoms with van der Waals surface area (Å²) in [6.45, 7) is 5.63. The number of nitrogens with zero attached hydrogens (tertiary/aromatic N) is 3. The highest BCUT2D eigenvalue weighted by Gasteiger charge is 2.19. The second-order valence-electron chi connectivity index (χ2n) is 5.80. The molecule has 2 aromatic heterocycles. The number of hydrogen-bond acceptors (Lipinski definition) is 4. The van der Waals surface area contributed by atoms with Crippen molar-refractivity contribution in [1.29, 1.82) is 0 Å². The van der Waals surface area contributed by atoms with Crippen molar-refractivity contribution in [2.45, 2.75) is 26.9 Å². The first-order valence-corrected chi connectivity index (χ1v) is 8.29. The van der Waals surface area contributed by atoms with Crippen LogP contribution < -0.4 is 0 Å². The minimum absolute atomic E-state index is 0.0782. The van der Waals surface area contributed by atoms with Gasteiger partial charge in [0.15, 0.2) is 11.5 Å². The quantitative estimate of drug-likeness (QED) is 0.648. The van der Waals surface area contributed by atoms with E-state index in [1.54, 1.807) is 16.8 Å². The van der Waals surface area contributed by atoms with E-state index in [4.69, 9.17) is 16.3 Å². The predicted molar refractivity (Wildman–Crippen MR) is 96.1 cm³/mol. The number of rotatable bonds is 4. The number of hydrogen-bond donors (Lipinski definition) is 0. The second kappa shape index (κ2) is 7.07. The molecule has 128 valence electrons. The molecule has 0 saturated heterocycles. The molecule has 0 aliphatic rings. The van der Waals surface area contributed by atoms with Gasteiger partial charge in [0.2, 0.25) is 0 Å². The predicted octanol–water partition coefficient (Wildman–Crippen LogP) is 4.46. The molecule has 0 bridgehead atoms. The number of carbonyl (C=O) groups is 1. The maximum atomic E-state index is 12.5. The first kappa shape index (κ1) is 17.2. The standard InChI is InChI=1S/C19H18ClN3O2/c1-12-11-13(2)23(22-12)17-10-9-16(20)18(21-17)19(24)25-14(3)15-7-5-4-6-8-15/h4-11,14H,1-3H3. The Morgan fingerprint density at radius 1 is 1.16 bits per heavy atom. The maximum Gasteiger partial charge on any atom is 0.359 e. The Bertz CT molecular complexity index is 906. The largest absolute Gasteiger partial charge is 0.453 e. The first-order chi connectivity index (χ1) is 12.0. The van der Waals surface area contributed by atoms with Crippen LogP contribution >= 0.6 is 11.6 Å². The smallest absolute Gasteiger partial charge is 0.359 e. The summed E-state index contributed by atoms with van der Waals surface area (Å²) < 4.78 is 7.18. The summed E-state index contributed by atoms with van der Waals surface area (Å²) in [5.74, 6) is -0.0425. The monoisotopic (exact) mass is 355 g/mol. The van der Waals surface area contributed by atoms with Crippen molar-refractivity contribution in [3.05, 3.63) is 76.2 Å². The highest BCUT2D eigenvalue weighted by molar-refractivity contribution is 6.33. The Labute approximate surface area is 151 Å². The number of carbonyl (C=O) groups excluding carboxylic acids is 1. The van der Waals surface area contributed by atoms with Gasteiger partial charge in [-0.3, -0.25) is 0 Å². The van der Waals surface area contributed by atoms with Crippen molar-refractivity contribution in [1.82, 2.24) is 14.8 Å². The van der Waals surface area contributed by atoms with Crippen LogP contribution in [-0.4, -0.2) is 20.7 Å². The summed E-state index contributed by atoms with van der Waals surface area (Å²) in [6.07, 6.45) is -0.399. The molecule has 0 spiro atoms. The Kier molecular flexibility index (Phi) is 4.86. The highest BCUT2D eigenvalue weighted by atomic mass is 35.5. The summed E-state index contributed by atoms with van der Waals surface area (Å²) in [4.78, 5) is 16.9. The fourth-order valence-electron chi connectivity index (χ4n) is 2.56. The van der Waals surface area contributed by atoms with Crippen LogP contribution in [0.2, 0.25) is 5.02 Å². The molecule has 0 saturated carbocycles. The van der Waals surface area contributed by atoms with Crippen molar-refractivity contribution < 1.29 is 9.53 Å². The average molecular weight is 356 g/mol. The van der Waals surface area contributed by atoms with Crippen molar-refractivity contribution in [3.8, 4) is 5.82 Å². The number of halogens is 1. The molecule has 0 aliphatic heterocycles. The molecule has 0 aliphatic carbocycles. The number of aromatic nitrogens is 3. The van der Waals surface area contributed by atoms with E-state index < -0.39 is 12.1 Å². The molecule has 25 heavy (non-hydrogen) atoms. The van der Waals surface area contributed by atoms with Gasteiger partial charge < -0.3 is 4.74 Å². The van der Waals surface area contributed by atoms with Crippen LogP contribution in [0, 0.1) is 13.8 Å². The average Bonchev–Trinajstić information content (AvgIpc) is 2.94. The second-order valence-corrected chi connectivity index (χ2v) is 6.20. The molecule has 3 aromatic rings. The van der Waals surface area contributed by atoms with E-state index in [1.165, 1.54) is 0 Å². The van der Waals surface area contributed by atoms with E-state index in [9.17, 15) is 4.79 Å². The lowest BCUT2D eigenvalue weighted by molar-refractivity contribution is 0.0331. The highest BCUT2D eigenvalue weighted by Crippen LogP contribution is 2.22. The van der Waals surface area contributed by atoms with Gasteiger partial charge in [0, 0.05) is 5.69 Å². The molecule has 0 N–H and O–H groups in total. The summed E-state index contributed by atoms with van der Waals surface area (Å²) in [7, 11) is 0. The molecule has 1 aromatic carbocycles. The lowest BCUT2D eigenvalue weighted by Gasteiger charge is -2.14. The van der Waals surface area contributed by atoms with Crippen molar-refractivity contribution in [3.63, 3.8) is 0 Å². The van der Waals surface area contributed by atoms with Crippen LogP contribution in [0.4, 0.5) is 0 Å². The van der Waals surface area contributed by atoms with Gasteiger partial charge in [0.1, 0.15) is 6.10 Å². The van der Waals surface area contributed by atoms with E-state index >= 15 is 0 Å². The molecule has 0 radical (unpaired) electrons. The van der Waals surface area contributed by atoms with Gasteiger partial charge in [-0.2, -0.15) is 5.10 Å². The summed E-state index contributed by atoms with van der Waals surface area (Å²) >= 11 is 6.16. The Morgan fingerprint density at radius 3 is 2.52 bits per heavy atom. The minimum atomic E-state index is -0.565. The Balaban J connectivity index is 1.87. The Morgan fingerprint density at radius 2 is 1.88 bits per heavy atom. The Hall–Kier alpha value is -2.66. The molecule has 6 heteroatoms. The molecular formula is C19H18ClN3O2. The van der Waals surface area contributed by atoms with E-state index in [0.29, 0.717) is 5.82 Å². The molecule has 2 heterocycles. The maximum absolute atomic E-state index is 12.5. The fraction of sp³-hybridized carbons (Fsp3) is 0.211. The van der Waals surface area contributed by atoms with Gasteiger partial charge >= 0.3 is 5.97 Å². The fourth-order valence-corrected chi connectivity index (χ4v) is 2.74. The number of benzene rings is 1. The van der Waals surface area contributed by atoms with Crippen LogP contribution in [0.1, 0.15) is 40.5 Å². The van der Waals surface area contributed by atoms with Crippen molar-refractivity contribution in [2.24, 2.45) is 0 Å². The normalized spacial score (nSPS) is 12.0. The lowest BCUT2D eigenvalue weighted by atomic mass is 10.1. The van der Waals surface area contributed by atoms with E-state index in [2.05, 4.69) is 10.1 Å². The molecular weight excluding hydrogens is 338 g/mol. The van der Waals surface area contributed by atoms with Gasteiger partial charge in [-0.05, 0) is 44.5 Å². The van der Waals surface area contributed by atoms with Crippen LogP contribution in [0.5, 0.6) is 0 Å². The summed E-state index contributed by atoms with van der Waals surface area (Å²) in [6, 6.07) is 14.8. The molecule has 0 fully saturated rings. The third-order valence-electron chi connectivity index (χ3n) is 3.80. The van der Waals surface area contributed by atoms with Gasteiger partial charge in [-0.15, -0.1) is 0 Å². The first-order valence-electron chi connectivity index (χ1n) is 7.92. The van der Waals surface area contributed by atoms with Gasteiger partial charge in [-0.25, -0.2) is 14.5 Å². The van der Waals surface area contributed by atoms with Crippen LogP contribution in [0.15, 0.2) is 48.5 Å². The zero-order valence-electron chi connectivity index (χ0n) is 14.2. The number of esters is 1. The summed E-state index contributed by atoms with van der Waals surface area (Å²) in [5, 5.41) is 4.62. The zero-order chi connectivity index (χ0) is 18.0. The molecule has 0 amide bonds. The van der Waals surface area contributed by atoms with E-state index in [1.807, 2.05) is 57.2 Å². The summed E-state index contributed by atoms with van der Waals surface area (Å²) in [5.41, 5.74) is 2.77. The third kappa shape index (κ3) is 3.72. The SMILES string of the molecule is Cc1cc(C)n(-c2ccc(Cl)c(C(=O)OC(C)c3ccccc3)n2)n1. The van der Waals surface area contributed by atoms with Gasteiger partial charge in [0.05, 0.1) is 10.7 Å². The van der Waals surface area contributed by atoms with Crippen LogP contribution in [0.25, 0.3) is 5.82 Å². The van der Waals surface area contributed by atoms with Crippen molar-refractivity contribution in [2.75, 3.05) is 0 Å². The van der Waals surface area contributed by atoms with Gasteiger partial charge in [-0.1, -0.05) is 41.9 Å². The topological polar surface area (TPSA) is 57.0 Å². The molecule has 1 atom stereocenters. The van der Waals surface area contributed by atoms with E-state index in [0.717, 1.165) is 17.0 Å². The molecule has 1 unspecified atom stereocenters. The van der Waals surface area contributed by atoms with Crippen LogP contribution in [0.3, 0.4) is 0 Å². The molecule has 3 rings (SSSR count). The zero-order valence-corrected chi connectivity index (χ0v) is 15.0. The minimum Gasteiger partial charge on any atom is -0.453 e. The number of ether oxygens (including phenoxy) is 1. The van der Waals surface area contributed by atoms with Crippen molar-refractivity contribution >= 4 is 17.6 Å². The molecule has 5 nitrogen and oxygen atoms in total. The number of pyridine rings is 1. The van der Waals surface area contributed by atoms with Gasteiger partial charge in [0.25, 0.3) is 0 Å². The van der Waals surface area contributed by atoms with E-state index in [-0.39, 0.29) is 10.7 Å². The third-order valence-corrected chi connectivity index (χ3v) is 4.11. The number of aryl methyl sites for hydroxylation is 2.